The molecular formula is C11H19F3N2O2. The largest absolute Gasteiger partial charge is 0.417 e. The molecule has 1 fully saturated rings. The van der Waals surface area contributed by atoms with Crippen LogP contribution in [0, 0.1) is 0 Å². The van der Waals surface area contributed by atoms with Crippen LogP contribution in [0.2, 0.25) is 0 Å². The van der Waals surface area contributed by atoms with Crippen LogP contribution in [-0.4, -0.2) is 65.8 Å². The Balaban J connectivity index is 2.62. The summed E-state index contributed by atoms with van der Waals surface area (Å²) in [4.78, 5) is 14.8. The predicted molar refractivity (Wildman–Crippen MR) is 60.0 cm³/mol. The van der Waals surface area contributed by atoms with E-state index in [0.29, 0.717) is 0 Å². The maximum atomic E-state index is 12.6. The topological polar surface area (TPSA) is 43.8 Å². The summed E-state index contributed by atoms with van der Waals surface area (Å²) < 4.78 is 37.8. The summed E-state index contributed by atoms with van der Waals surface area (Å²) in [5, 5.41) is 9.51. The molecule has 106 valence electrons. The molecule has 0 aromatic carbocycles. The second kappa shape index (κ2) is 5.05. The molecule has 1 aliphatic heterocycles. The minimum absolute atomic E-state index is 0.0662. The van der Waals surface area contributed by atoms with Gasteiger partial charge in [-0.25, -0.2) is 0 Å². The van der Waals surface area contributed by atoms with Crippen LogP contribution < -0.4 is 0 Å². The maximum Gasteiger partial charge on any atom is 0.417 e. The number of carbonyl (C=O) groups is 1. The van der Waals surface area contributed by atoms with Crippen molar-refractivity contribution in [2.45, 2.75) is 37.6 Å². The zero-order valence-corrected chi connectivity index (χ0v) is 10.8. The third-order valence-electron chi connectivity index (χ3n) is 3.50. The number of likely N-dealkylation sites (N-methyl/N-ethyl adjacent to an activating group) is 1. The Bertz CT molecular complexity index is 310. The van der Waals surface area contributed by atoms with Crippen LogP contribution in [0.5, 0.6) is 0 Å². The third-order valence-corrected chi connectivity index (χ3v) is 3.50. The predicted octanol–water partition coefficient (Wildman–Crippen LogP) is 0.852. The molecule has 0 aliphatic carbocycles. The number of nitrogens with zero attached hydrogens (tertiary/aromatic N) is 2. The van der Waals surface area contributed by atoms with E-state index in [9.17, 15) is 23.1 Å². The molecule has 1 aliphatic rings. The highest BCUT2D eigenvalue weighted by Crippen LogP contribution is 2.38. The Labute approximate surface area is 104 Å². The maximum absolute atomic E-state index is 12.6. The molecule has 0 spiro atoms. The van der Waals surface area contributed by atoms with Crippen molar-refractivity contribution in [1.82, 2.24) is 9.80 Å². The van der Waals surface area contributed by atoms with Crippen molar-refractivity contribution >= 4 is 5.91 Å². The van der Waals surface area contributed by atoms with Crippen molar-refractivity contribution in [3.05, 3.63) is 0 Å². The summed E-state index contributed by atoms with van der Waals surface area (Å²) in [6.45, 7) is 1.80. The van der Waals surface area contributed by atoms with Crippen molar-refractivity contribution in [1.29, 1.82) is 0 Å². The van der Waals surface area contributed by atoms with Crippen LogP contribution in [0.25, 0.3) is 0 Å². The number of amides is 1. The lowest BCUT2D eigenvalue weighted by molar-refractivity contribution is -0.273. The molecule has 1 N–H and O–H groups in total. The average molecular weight is 268 g/mol. The van der Waals surface area contributed by atoms with Gasteiger partial charge in [-0.15, -0.1) is 0 Å². The molecule has 1 saturated heterocycles. The van der Waals surface area contributed by atoms with Gasteiger partial charge in [-0.3, -0.25) is 9.69 Å². The van der Waals surface area contributed by atoms with Crippen molar-refractivity contribution in [2.75, 3.05) is 27.2 Å². The SMILES string of the molecule is CC(C(=O)N(C)C)N1CCC(O)(C(F)(F)F)CC1. The standard InChI is InChI=1S/C11H19F3N2O2/c1-8(9(17)15(2)3)16-6-4-10(18,5-7-16)11(12,13)14/h8,18H,4-7H2,1-3H3. The third kappa shape index (κ3) is 2.95. The fourth-order valence-electron chi connectivity index (χ4n) is 2.09. The van der Waals surface area contributed by atoms with E-state index in [1.165, 1.54) is 4.90 Å². The van der Waals surface area contributed by atoms with Gasteiger partial charge < -0.3 is 10.0 Å². The molecule has 1 atom stereocenters. The first kappa shape index (κ1) is 15.2. The van der Waals surface area contributed by atoms with Crippen LogP contribution in [0.15, 0.2) is 0 Å². The number of piperidine rings is 1. The normalized spacial score (nSPS) is 22.6. The molecule has 0 radical (unpaired) electrons. The summed E-state index contributed by atoms with van der Waals surface area (Å²) in [6.07, 6.45) is -5.38. The summed E-state index contributed by atoms with van der Waals surface area (Å²) >= 11 is 0. The van der Waals surface area contributed by atoms with Crippen molar-refractivity contribution in [3.8, 4) is 0 Å². The van der Waals surface area contributed by atoms with Crippen molar-refractivity contribution < 1.29 is 23.1 Å². The fourth-order valence-corrected chi connectivity index (χ4v) is 2.09. The molecule has 0 bridgehead atoms. The quantitative estimate of drug-likeness (QED) is 0.807. The summed E-state index contributed by atoms with van der Waals surface area (Å²) in [7, 11) is 3.21. The van der Waals surface area contributed by atoms with Crippen molar-refractivity contribution in [3.63, 3.8) is 0 Å². The lowest BCUT2D eigenvalue weighted by Crippen LogP contribution is -2.56. The molecule has 1 unspecified atom stereocenters. The van der Waals surface area contributed by atoms with E-state index in [1.807, 2.05) is 0 Å². The van der Waals surface area contributed by atoms with Crippen LogP contribution in [0.4, 0.5) is 13.2 Å². The van der Waals surface area contributed by atoms with Gasteiger partial charge in [-0.05, 0) is 19.8 Å². The number of likely N-dealkylation sites (tertiary alicyclic amines) is 1. The summed E-state index contributed by atoms with van der Waals surface area (Å²) in [5.41, 5.74) is -2.61. The van der Waals surface area contributed by atoms with Gasteiger partial charge in [-0.2, -0.15) is 13.2 Å². The van der Waals surface area contributed by atoms with E-state index >= 15 is 0 Å². The average Bonchev–Trinajstić information content (AvgIpc) is 2.26. The lowest BCUT2D eigenvalue weighted by Gasteiger charge is -2.41. The molecule has 18 heavy (non-hydrogen) atoms. The fraction of sp³-hybridized carbons (Fsp3) is 0.909. The Kier molecular flexibility index (Phi) is 4.27. The second-order valence-electron chi connectivity index (χ2n) is 4.97. The highest BCUT2D eigenvalue weighted by atomic mass is 19.4. The van der Waals surface area contributed by atoms with Crippen LogP contribution in [-0.2, 0) is 4.79 Å². The van der Waals surface area contributed by atoms with Gasteiger partial charge >= 0.3 is 6.18 Å². The first-order valence-electron chi connectivity index (χ1n) is 5.83. The van der Waals surface area contributed by atoms with Crippen LogP contribution >= 0.6 is 0 Å². The number of halogens is 3. The zero-order valence-electron chi connectivity index (χ0n) is 10.8. The van der Waals surface area contributed by atoms with Crippen LogP contribution in [0.3, 0.4) is 0 Å². The highest BCUT2D eigenvalue weighted by Gasteiger charge is 2.54. The van der Waals surface area contributed by atoms with E-state index in [1.54, 1.807) is 25.9 Å². The first-order valence-corrected chi connectivity index (χ1v) is 5.83. The molecule has 7 heteroatoms. The Hall–Kier alpha value is -0.820. The van der Waals surface area contributed by atoms with E-state index in [0.717, 1.165) is 0 Å². The van der Waals surface area contributed by atoms with Crippen molar-refractivity contribution in [2.24, 2.45) is 0 Å². The Morgan fingerprint density at radius 3 is 2.11 bits per heavy atom. The molecular weight excluding hydrogens is 249 g/mol. The number of carbonyl (C=O) groups excluding carboxylic acids is 1. The molecule has 1 amide bonds. The van der Waals surface area contributed by atoms with Gasteiger partial charge in [0.05, 0.1) is 6.04 Å². The molecule has 0 aromatic rings. The van der Waals surface area contributed by atoms with E-state index in [4.69, 9.17) is 0 Å². The van der Waals surface area contributed by atoms with Gasteiger partial charge in [-0.1, -0.05) is 0 Å². The molecule has 0 saturated carbocycles. The molecule has 1 heterocycles. The van der Waals surface area contributed by atoms with E-state index in [2.05, 4.69) is 0 Å². The molecule has 1 rings (SSSR count). The summed E-state index contributed by atoms with van der Waals surface area (Å²) in [5.74, 6) is -0.146. The Morgan fingerprint density at radius 1 is 1.33 bits per heavy atom. The minimum atomic E-state index is -4.60. The monoisotopic (exact) mass is 268 g/mol. The van der Waals surface area contributed by atoms with Gasteiger partial charge in [0.25, 0.3) is 0 Å². The molecule has 4 nitrogen and oxygen atoms in total. The Morgan fingerprint density at radius 2 is 1.78 bits per heavy atom. The van der Waals surface area contributed by atoms with Gasteiger partial charge in [0.2, 0.25) is 5.91 Å². The number of aliphatic hydroxyl groups is 1. The van der Waals surface area contributed by atoms with Crippen LogP contribution in [0.1, 0.15) is 19.8 Å². The number of alkyl halides is 3. The number of hydrogen-bond acceptors (Lipinski definition) is 3. The molecule has 0 aromatic heterocycles. The zero-order chi connectivity index (χ0) is 14.1. The lowest BCUT2D eigenvalue weighted by atomic mass is 9.90. The number of rotatable bonds is 2. The van der Waals surface area contributed by atoms with Gasteiger partial charge in [0, 0.05) is 27.2 Å². The smallest absolute Gasteiger partial charge is 0.380 e. The van der Waals surface area contributed by atoms with Gasteiger partial charge in [0.1, 0.15) is 0 Å². The summed E-state index contributed by atoms with van der Waals surface area (Å²) in [6, 6.07) is -0.460. The minimum Gasteiger partial charge on any atom is -0.380 e. The number of hydrogen-bond donors (Lipinski definition) is 1. The van der Waals surface area contributed by atoms with Gasteiger partial charge in [0.15, 0.2) is 5.60 Å². The van der Waals surface area contributed by atoms with E-state index < -0.39 is 17.8 Å². The second-order valence-corrected chi connectivity index (χ2v) is 4.97. The highest BCUT2D eigenvalue weighted by molar-refractivity contribution is 5.80. The van der Waals surface area contributed by atoms with E-state index in [-0.39, 0.29) is 31.8 Å². The first-order chi connectivity index (χ1) is 8.08.